The molecular formula is C14H19NO3. The van der Waals surface area contributed by atoms with E-state index in [1.807, 2.05) is 12.1 Å². The number of terminal acetylenes is 1. The first kappa shape index (κ1) is 14.2. The summed E-state index contributed by atoms with van der Waals surface area (Å²) in [5.74, 6) is 4.51. The van der Waals surface area contributed by atoms with Gasteiger partial charge in [0.25, 0.3) is 0 Å². The van der Waals surface area contributed by atoms with Crippen LogP contribution >= 0.6 is 0 Å². The van der Waals surface area contributed by atoms with Gasteiger partial charge in [-0.2, -0.15) is 0 Å². The molecule has 18 heavy (non-hydrogen) atoms. The van der Waals surface area contributed by atoms with Gasteiger partial charge in [0.15, 0.2) is 11.5 Å². The second-order valence-corrected chi connectivity index (χ2v) is 3.66. The second kappa shape index (κ2) is 7.46. The van der Waals surface area contributed by atoms with Gasteiger partial charge in [-0.25, -0.2) is 0 Å². The zero-order valence-corrected chi connectivity index (χ0v) is 11.1. The zero-order valence-electron chi connectivity index (χ0n) is 11.1. The molecule has 0 saturated carbocycles. The highest BCUT2D eigenvalue weighted by molar-refractivity contribution is 5.53. The van der Waals surface area contributed by atoms with Gasteiger partial charge in [-0.15, -0.1) is 12.3 Å². The average Bonchev–Trinajstić information content (AvgIpc) is 2.42. The van der Waals surface area contributed by atoms with E-state index in [9.17, 15) is 0 Å². The minimum Gasteiger partial charge on any atom is -0.493 e. The Morgan fingerprint density at radius 2 is 1.72 bits per heavy atom. The van der Waals surface area contributed by atoms with Crippen LogP contribution in [0.3, 0.4) is 0 Å². The Balaban J connectivity index is 2.83. The van der Waals surface area contributed by atoms with E-state index in [0.717, 1.165) is 12.1 Å². The minimum absolute atomic E-state index is 0.604. The molecule has 0 bridgehead atoms. The van der Waals surface area contributed by atoms with Crippen LogP contribution in [-0.2, 0) is 6.54 Å². The number of nitrogens with one attached hydrogen (secondary N) is 1. The van der Waals surface area contributed by atoms with Crippen molar-refractivity contribution in [3.63, 3.8) is 0 Å². The van der Waals surface area contributed by atoms with Crippen molar-refractivity contribution in [1.29, 1.82) is 0 Å². The second-order valence-electron chi connectivity index (χ2n) is 3.66. The Morgan fingerprint density at radius 3 is 2.17 bits per heavy atom. The van der Waals surface area contributed by atoms with Crippen LogP contribution in [0.1, 0.15) is 12.0 Å². The highest BCUT2D eigenvalue weighted by atomic mass is 16.5. The average molecular weight is 249 g/mol. The maximum Gasteiger partial charge on any atom is 0.203 e. The fraction of sp³-hybridized carbons (Fsp3) is 0.429. The first-order valence-corrected chi connectivity index (χ1v) is 5.69. The van der Waals surface area contributed by atoms with Crippen molar-refractivity contribution < 1.29 is 14.2 Å². The summed E-state index contributed by atoms with van der Waals surface area (Å²) in [6.45, 7) is 1.49. The van der Waals surface area contributed by atoms with E-state index in [-0.39, 0.29) is 0 Å². The SMILES string of the molecule is C#CCCNCc1cc(OC)c(OC)c(OC)c1. The molecule has 0 saturated heterocycles. The molecule has 0 aromatic heterocycles. The summed E-state index contributed by atoms with van der Waals surface area (Å²) in [4.78, 5) is 0. The summed E-state index contributed by atoms with van der Waals surface area (Å²) in [5.41, 5.74) is 1.06. The zero-order chi connectivity index (χ0) is 13.4. The summed E-state index contributed by atoms with van der Waals surface area (Å²) >= 11 is 0. The lowest BCUT2D eigenvalue weighted by atomic mass is 10.1. The maximum atomic E-state index is 5.28. The monoisotopic (exact) mass is 249 g/mol. The largest absolute Gasteiger partial charge is 0.493 e. The topological polar surface area (TPSA) is 39.7 Å². The van der Waals surface area contributed by atoms with E-state index < -0.39 is 0 Å². The van der Waals surface area contributed by atoms with Gasteiger partial charge in [0.05, 0.1) is 21.3 Å². The lowest BCUT2D eigenvalue weighted by molar-refractivity contribution is 0.323. The van der Waals surface area contributed by atoms with Gasteiger partial charge in [0, 0.05) is 19.5 Å². The Bertz CT molecular complexity index is 399. The third kappa shape index (κ3) is 3.57. The number of hydrogen-bond donors (Lipinski definition) is 1. The van der Waals surface area contributed by atoms with Crippen LogP contribution < -0.4 is 19.5 Å². The van der Waals surface area contributed by atoms with Crippen LogP contribution in [-0.4, -0.2) is 27.9 Å². The molecule has 1 rings (SSSR count). The highest BCUT2D eigenvalue weighted by Gasteiger charge is 2.12. The molecule has 1 aromatic rings. The predicted octanol–water partition coefficient (Wildman–Crippen LogP) is 1.83. The number of rotatable bonds is 7. The fourth-order valence-electron chi connectivity index (χ4n) is 1.63. The van der Waals surface area contributed by atoms with Crippen LogP contribution in [0.25, 0.3) is 0 Å². The molecular weight excluding hydrogens is 230 g/mol. The number of benzene rings is 1. The maximum absolute atomic E-state index is 5.28. The van der Waals surface area contributed by atoms with Crippen molar-refractivity contribution in [2.45, 2.75) is 13.0 Å². The van der Waals surface area contributed by atoms with Crippen LogP contribution in [0.4, 0.5) is 0 Å². The summed E-state index contributed by atoms with van der Waals surface area (Å²) in [6.07, 6.45) is 5.90. The van der Waals surface area contributed by atoms with Crippen molar-refractivity contribution >= 4 is 0 Å². The summed E-state index contributed by atoms with van der Waals surface area (Å²) in [5, 5.41) is 3.25. The van der Waals surface area contributed by atoms with Gasteiger partial charge < -0.3 is 19.5 Å². The van der Waals surface area contributed by atoms with Gasteiger partial charge in [-0.3, -0.25) is 0 Å². The molecule has 98 valence electrons. The normalized spacial score (nSPS) is 9.67. The minimum atomic E-state index is 0.604. The Kier molecular flexibility index (Phi) is 5.89. The first-order chi connectivity index (χ1) is 8.76. The van der Waals surface area contributed by atoms with Crippen molar-refractivity contribution in [3.05, 3.63) is 17.7 Å². The molecule has 0 aliphatic carbocycles. The molecule has 4 heteroatoms. The molecule has 0 radical (unpaired) electrons. The molecule has 1 N–H and O–H groups in total. The quantitative estimate of drug-likeness (QED) is 0.591. The molecule has 0 fully saturated rings. The van der Waals surface area contributed by atoms with Gasteiger partial charge in [0.2, 0.25) is 5.75 Å². The highest BCUT2D eigenvalue weighted by Crippen LogP contribution is 2.38. The third-order valence-corrected chi connectivity index (χ3v) is 2.50. The van der Waals surface area contributed by atoms with Crippen LogP contribution in [0.2, 0.25) is 0 Å². The van der Waals surface area contributed by atoms with Crippen molar-refractivity contribution in [2.24, 2.45) is 0 Å². The molecule has 0 aliphatic heterocycles. The van der Waals surface area contributed by atoms with Crippen LogP contribution in [0.5, 0.6) is 17.2 Å². The number of methoxy groups -OCH3 is 3. The molecule has 0 amide bonds. The van der Waals surface area contributed by atoms with E-state index in [4.69, 9.17) is 20.6 Å². The van der Waals surface area contributed by atoms with E-state index in [0.29, 0.717) is 30.2 Å². The molecule has 0 atom stereocenters. The van der Waals surface area contributed by atoms with Crippen molar-refractivity contribution in [1.82, 2.24) is 5.32 Å². The standard InChI is InChI=1S/C14H19NO3/c1-5-6-7-15-10-11-8-12(16-2)14(18-4)13(9-11)17-3/h1,8-9,15H,6-7,10H2,2-4H3. The van der Waals surface area contributed by atoms with Crippen LogP contribution in [0.15, 0.2) is 12.1 Å². The van der Waals surface area contributed by atoms with Crippen molar-refractivity contribution in [2.75, 3.05) is 27.9 Å². The fourth-order valence-corrected chi connectivity index (χ4v) is 1.63. The van der Waals surface area contributed by atoms with Crippen molar-refractivity contribution in [3.8, 4) is 29.6 Å². The molecule has 0 spiro atoms. The number of ether oxygens (including phenoxy) is 3. The Morgan fingerprint density at radius 1 is 1.11 bits per heavy atom. The van der Waals surface area contributed by atoms with Gasteiger partial charge in [-0.1, -0.05) is 0 Å². The van der Waals surface area contributed by atoms with Gasteiger partial charge in [0.1, 0.15) is 0 Å². The van der Waals surface area contributed by atoms with E-state index in [2.05, 4.69) is 11.2 Å². The molecule has 4 nitrogen and oxygen atoms in total. The van der Waals surface area contributed by atoms with E-state index in [1.54, 1.807) is 21.3 Å². The van der Waals surface area contributed by atoms with Crippen LogP contribution in [0, 0.1) is 12.3 Å². The molecule has 0 unspecified atom stereocenters. The smallest absolute Gasteiger partial charge is 0.203 e. The lowest BCUT2D eigenvalue weighted by Crippen LogP contribution is -2.14. The van der Waals surface area contributed by atoms with E-state index in [1.165, 1.54) is 0 Å². The molecule has 1 aromatic carbocycles. The van der Waals surface area contributed by atoms with Gasteiger partial charge >= 0.3 is 0 Å². The number of hydrogen-bond acceptors (Lipinski definition) is 4. The van der Waals surface area contributed by atoms with Gasteiger partial charge in [-0.05, 0) is 17.7 Å². The Labute approximate surface area is 108 Å². The summed E-state index contributed by atoms with van der Waals surface area (Å²) in [6, 6.07) is 3.84. The molecule has 0 aliphatic rings. The first-order valence-electron chi connectivity index (χ1n) is 5.69. The lowest BCUT2D eigenvalue weighted by Gasteiger charge is -2.14. The Hall–Kier alpha value is -1.86. The molecule has 0 heterocycles. The summed E-state index contributed by atoms with van der Waals surface area (Å²) < 4.78 is 15.8. The van der Waals surface area contributed by atoms with E-state index >= 15 is 0 Å². The third-order valence-electron chi connectivity index (χ3n) is 2.50. The predicted molar refractivity (Wildman–Crippen MR) is 71.3 cm³/mol. The summed E-state index contributed by atoms with van der Waals surface area (Å²) in [7, 11) is 4.80.